The van der Waals surface area contributed by atoms with E-state index >= 15 is 0 Å². The van der Waals surface area contributed by atoms with Gasteiger partial charge in [0.25, 0.3) is 0 Å². The first-order valence-electron chi connectivity index (χ1n) is 17.3. The molecule has 6 nitrogen and oxygen atoms in total. The molecule has 0 spiro atoms. The monoisotopic (exact) mass is 671 g/mol. The summed E-state index contributed by atoms with van der Waals surface area (Å²) in [5.41, 5.74) is 11.1. The van der Waals surface area contributed by atoms with Crippen LogP contribution in [0.4, 0.5) is 0 Å². The maximum absolute atomic E-state index is 6.55. The number of rotatable bonds is 6. The second-order valence-corrected chi connectivity index (χ2v) is 13.3. The molecule has 248 valence electrons. The van der Waals surface area contributed by atoms with Crippen LogP contribution in [-0.4, -0.2) is 24.9 Å². The molecular formula is C46H33N5O. The molecule has 0 saturated carbocycles. The average molecular weight is 672 g/mol. The lowest BCUT2D eigenvalue weighted by molar-refractivity contribution is 0.106. The predicted octanol–water partition coefficient (Wildman–Crippen LogP) is 11.0. The van der Waals surface area contributed by atoms with Crippen LogP contribution in [0, 0.1) is 0 Å². The van der Waals surface area contributed by atoms with Crippen LogP contribution in [0.2, 0.25) is 0 Å². The largest absolute Gasteiger partial charge is 0.482 e. The molecule has 0 fully saturated rings. The van der Waals surface area contributed by atoms with Gasteiger partial charge in [-0.3, -0.25) is 0 Å². The number of aromatic nitrogens is 5. The Morgan fingerprint density at radius 3 is 1.58 bits per heavy atom. The first-order chi connectivity index (χ1) is 25.5. The van der Waals surface area contributed by atoms with Crippen molar-refractivity contribution in [3.05, 3.63) is 170 Å². The van der Waals surface area contributed by atoms with Gasteiger partial charge in [0, 0.05) is 45.8 Å². The molecule has 1 aliphatic rings. The minimum absolute atomic E-state index is 0.420. The highest BCUT2D eigenvalue weighted by Crippen LogP contribution is 2.46. The smallest absolute Gasteiger partial charge is 0.164 e. The summed E-state index contributed by atoms with van der Waals surface area (Å²) in [6, 6.07) is 51.8. The van der Waals surface area contributed by atoms with Gasteiger partial charge >= 0.3 is 0 Å². The molecular weight excluding hydrogens is 639 g/mol. The van der Waals surface area contributed by atoms with Gasteiger partial charge in [-0.25, -0.2) is 24.9 Å². The van der Waals surface area contributed by atoms with Crippen LogP contribution < -0.4 is 4.74 Å². The first kappa shape index (κ1) is 31.2. The van der Waals surface area contributed by atoms with E-state index in [2.05, 4.69) is 115 Å². The average Bonchev–Trinajstić information content (AvgIpc) is 3.21. The van der Waals surface area contributed by atoms with E-state index in [0.717, 1.165) is 55.8 Å². The van der Waals surface area contributed by atoms with E-state index in [-0.39, 0.29) is 0 Å². The standard InChI is InChI=1S/C46H33N5O/c1-46(2)40-15-7-6-14-38(40)39-25-24-36(29-41(39)52-46)31-16-18-33(19-17-31)43-49-44(34-22-20-32(21-23-34)42-47-26-9-27-48-42)51-45(50-43)37-13-8-12-35(28-37)30-10-4-3-5-11-30/h3-29H,1-2H3. The number of hydrogen-bond donors (Lipinski definition) is 0. The molecule has 6 aromatic carbocycles. The SMILES string of the molecule is CC1(C)Oc2cc(-c3ccc(-c4nc(-c5ccc(-c6ncccn6)cc5)nc(-c5cccc(-c6ccccc6)c5)n4)cc3)ccc2-c2ccccc21. The molecule has 0 aliphatic carbocycles. The lowest BCUT2D eigenvalue weighted by Crippen LogP contribution is -2.29. The molecule has 0 amide bonds. The van der Waals surface area contributed by atoms with Gasteiger partial charge < -0.3 is 4.74 Å². The number of benzene rings is 6. The van der Waals surface area contributed by atoms with Gasteiger partial charge in [-0.05, 0) is 59.9 Å². The zero-order valence-electron chi connectivity index (χ0n) is 28.7. The van der Waals surface area contributed by atoms with Crippen molar-refractivity contribution < 1.29 is 4.74 Å². The van der Waals surface area contributed by atoms with Crippen LogP contribution in [0.25, 0.3) is 78.9 Å². The van der Waals surface area contributed by atoms with Crippen molar-refractivity contribution in [3.63, 3.8) is 0 Å². The summed E-state index contributed by atoms with van der Waals surface area (Å²) in [6.45, 7) is 4.24. The number of ether oxygens (including phenoxy) is 1. The molecule has 8 aromatic rings. The molecule has 9 rings (SSSR count). The fourth-order valence-corrected chi connectivity index (χ4v) is 6.84. The first-order valence-corrected chi connectivity index (χ1v) is 17.3. The lowest BCUT2D eigenvalue weighted by atomic mass is 9.85. The van der Waals surface area contributed by atoms with Gasteiger partial charge in [-0.15, -0.1) is 0 Å². The van der Waals surface area contributed by atoms with E-state index in [1.807, 2.05) is 60.7 Å². The summed E-state index contributed by atoms with van der Waals surface area (Å²) < 4.78 is 6.55. The minimum atomic E-state index is -0.420. The van der Waals surface area contributed by atoms with E-state index in [0.29, 0.717) is 23.3 Å². The summed E-state index contributed by atoms with van der Waals surface area (Å²) in [5.74, 6) is 3.35. The zero-order chi connectivity index (χ0) is 35.1. The third-order valence-corrected chi connectivity index (χ3v) is 9.52. The summed E-state index contributed by atoms with van der Waals surface area (Å²) in [5, 5.41) is 0. The summed E-state index contributed by atoms with van der Waals surface area (Å²) in [6.07, 6.45) is 3.49. The van der Waals surface area contributed by atoms with Crippen molar-refractivity contribution in [1.82, 2.24) is 24.9 Å². The summed E-state index contributed by atoms with van der Waals surface area (Å²) in [7, 11) is 0. The molecule has 1 aliphatic heterocycles. The Bertz CT molecular complexity index is 2550. The lowest BCUT2D eigenvalue weighted by Gasteiger charge is -2.35. The van der Waals surface area contributed by atoms with Crippen molar-refractivity contribution in [3.8, 4) is 84.7 Å². The highest BCUT2D eigenvalue weighted by molar-refractivity contribution is 5.81. The third kappa shape index (κ3) is 5.90. The van der Waals surface area contributed by atoms with Gasteiger partial charge in [0.2, 0.25) is 0 Å². The summed E-state index contributed by atoms with van der Waals surface area (Å²) in [4.78, 5) is 23.8. The molecule has 0 radical (unpaired) electrons. The molecule has 0 saturated heterocycles. The normalized spacial score (nSPS) is 12.7. The van der Waals surface area contributed by atoms with E-state index in [1.54, 1.807) is 12.4 Å². The maximum atomic E-state index is 6.55. The van der Waals surface area contributed by atoms with Gasteiger partial charge in [-0.1, -0.05) is 133 Å². The van der Waals surface area contributed by atoms with Crippen molar-refractivity contribution in [2.75, 3.05) is 0 Å². The second-order valence-electron chi connectivity index (χ2n) is 13.3. The molecule has 2 aromatic heterocycles. The van der Waals surface area contributed by atoms with E-state index < -0.39 is 5.60 Å². The van der Waals surface area contributed by atoms with Gasteiger partial charge in [0.05, 0.1) is 0 Å². The van der Waals surface area contributed by atoms with E-state index in [4.69, 9.17) is 19.7 Å². The Morgan fingerprint density at radius 1 is 0.385 bits per heavy atom. The van der Waals surface area contributed by atoms with Crippen LogP contribution in [0.1, 0.15) is 19.4 Å². The quantitative estimate of drug-likeness (QED) is 0.175. The Hall–Kier alpha value is -6.79. The molecule has 0 bridgehead atoms. The second kappa shape index (κ2) is 12.8. The molecule has 0 atom stereocenters. The summed E-state index contributed by atoms with van der Waals surface area (Å²) >= 11 is 0. The van der Waals surface area contributed by atoms with E-state index in [1.165, 1.54) is 11.1 Å². The van der Waals surface area contributed by atoms with Gasteiger partial charge in [-0.2, -0.15) is 0 Å². The van der Waals surface area contributed by atoms with Crippen LogP contribution in [0.15, 0.2) is 164 Å². The van der Waals surface area contributed by atoms with Crippen molar-refractivity contribution >= 4 is 0 Å². The van der Waals surface area contributed by atoms with E-state index in [9.17, 15) is 0 Å². The zero-order valence-corrected chi connectivity index (χ0v) is 28.7. The number of nitrogens with zero attached hydrogens (tertiary/aromatic N) is 5. The topological polar surface area (TPSA) is 73.7 Å². The van der Waals surface area contributed by atoms with Crippen LogP contribution in [0.3, 0.4) is 0 Å². The van der Waals surface area contributed by atoms with Crippen LogP contribution in [-0.2, 0) is 5.60 Å². The Morgan fingerprint density at radius 2 is 0.885 bits per heavy atom. The van der Waals surface area contributed by atoms with Crippen LogP contribution in [0.5, 0.6) is 5.75 Å². The van der Waals surface area contributed by atoms with Crippen molar-refractivity contribution in [1.29, 1.82) is 0 Å². The van der Waals surface area contributed by atoms with Gasteiger partial charge in [0.15, 0.2) is 23.3 Å². The molecule has 0 unspecified atom stereocenters. The van der Waals surface area contributed by atoms with Crippen LogP contribution >= 0.6 is 0 Å². The van der Waals surface area contributed by atoms with Crippen molar-refractivity contribution in [2.24, 2.45) is 0 Å². The Labute approximate surface area is 302 Å². The molecule has 0 N–H and O–H groups in total. The fourth-order valence-electron chi connectivity index (χ4n) is 6.84. The van der Waals surface area contributed by atoms with Crippen molar-refractivity contribution in [2.45, 2.75) is 19.4 Å². The third-order valence-electron chi connectivity index (χ3n) is 9.52. The molecule has 6 heteroatoms. The molecule has 52 heavy (non-hydrogen) atoms. The predicted molar refractivity (Wildman–Crippen MR) is 207 cm³/mol. The maximum Gasteiger partial charge on any atom is 0.164 e. The minimum Gasteiger partial charge on any atom is -0.482 e. The molecule has 3 heterocycles. The van der Waals surface area contributed by atoms with Gasteiger partial charge in [0.1, 0.15) is 11.4 Å². The Balaban J connectivity index is 1.09. The fraction of sp³-hybridized carbons (Fsp3) is 0.0652. The highest BCUT2D eigenvalue weighted by atomic mass is 16.5. The Kier molecular flexibility index (Phi) is 7.70. The number of hydrogen-bond acceptors (Lipinski definition) is 6. The number of fused-ring (bicyclic) bond motifs is 3. The highest BCUT2D eigenvalue weighted by Gasteiger charge is 2.32.